The van der Waals surface area contributed by atoms with Crippen molar-refractivity contribution in [2.45, 2.75) is 6.92 Å². The quantitative estimate of drug-likeness (QED) is 0.764. The molecule has 0 fully saturated rings. The van der Waals surface area contributed by atoms with Crippen molar-refractivity contribution < 1.29 is 13.2 Å². The molecule has 110 valence electrons. The maximum absolute atomic E-state index is 11.9. The van der Waals surface area contributed by atoms with Gasteiger partial charge in [-0.1, -0.05) is 6.07 Å². The Bertz CT molecular complexity index is 759. The fourth-order valence-corrected chi connectivity index (χ4v) is 1.99. The average Bonchev–Trinajstić information content (AvgIpc) is 2.37. The highest BCUT2D eigenvalue weighted by molar-refractivity contribution is 7.90. The van der Waals surface area contributed by atoms with Gasteiger partial charge < -0.3 is 5.32 Å². The van der Waals surface area contributed by atoms with Crippen LogP contribution in [0.1, 0.15) is 16.2 Å². The molecule has 1 amide bonds. The van der Waals surface area contributed by atoms with Crippen LogP contribution in [0, 0.1) is 6.92 Å². The van der Waals surface area contributed by atoms with E-state index in [1.807, 2.05) is 0 Å². The molecule has 21 heavy (non-hydrogen) atoms. The first-order valence-corrected chi connectivity index (χ1v) is 7.39. The molecule has 2 aromatic rings. The van der Waals surface area contributed by atoms with E-state index in [0.717, 1.165) is 0 Å². The van der Waals surface area contributed by atoms with Crippen molar-refractivity contribution in [3.63, 3.8) is 0 Å². The van der Waals surface area contributed by atoms with Crippen LogP contribution < -0.4 is 15.2 Å². The summed E-state index contributed by atoms with van der Waals surface area (Å²) in [7, 11) is -3.86. The van der Waals surface area contributed by atoms with Crippen molar-refractivity contribution in [3.05, 3.63) is 48.0 Å². The summed E-state index contributed by atoms with van der Waals surface area (Å²) in [6.45, 7) is 1.76. The molecule has 0 saturated carbocycles. The van der Waals surface area contributed by atoms with E-state index in [1.165, 1.54) is 24.5 Å². The number of rotatable bonds is 4. The number of anilines is 2. The van der Waals surface area contributed by atoms with Crippen molar-refractivity contribution in [2.24, 2.45) is 5.14 Å². The van der Waals surface area contributed by atoms with Gasteiger partial charge in [0.1, 0.15) is 5.69 Å². The molecular formula is C12H13N5O3S. The summed E-state index contributed by atoms with van der Waals surface area (Å²) in [4.78, 5) is 19.9. The molecule has 0 spiro atoms. The molecule has 0 bridgehead atoms. The van der Waals surface area contributed by atoms with Crippen LogP contribution in [0.15, 0.2) is 36.7 Å². The van der Waals surface area contributed by atoms with E-state index in [9.17, 15) is 13.2 Å². The van der Waals surface area contributed by atoms with E-state index in [-0.39, 0.29) is 11.4 Å². The van der Waals surface area contributed by atoms with Gasteiger partial charge in [0.15, 0.2) is 0 Å². The lowest BCUT2D eigenvalue weighted by molar-refractivity contribution is 0.102. The second-order valence-electron chi connectivity index (χ2n) is 4.23. The van der Waals surface area contributed by atoms with Gasteiger partial charge in [0, 0.05) is 11.9 Å². The molecule has 1 aromatic heterocycles. The standard InChI is InChI=1S/C12H13N5O3S/c1-8-6-15-11(7-14-8)12(18)16-9-3-2-4-10(5-9)17-21(13,19)20/h2-7,17H,1H3,(H,16,18)(H2,13,19,20). The molecule has 8 nitrogen and oxygen atoms in total. The Morgan fingerprint density at radius 1 is 1.19 bits per heavy atom. The van der Waals surface area contributed by atoms with E-state index in [1.54, 1.807) is 19.1 Å². The molecule has 0 unspecified atom stereocenters. The topological polar surface area (TPSA) is 127 Å². The van der Waals surface area contributed by atoms with Crippen molar-refractivity contribution in [3.8, 4) is 0 Å². The number of nitrogens with zero attached hydrogens (tertiary/aromatic N) is 2. The lowest BCUT2D eigenvalue weighted by Gasteiger charge is -2.07. The zero-order chi connectivity index (χ0) is 15.5. The van der Waals surface area contributed by atoms with Crippen molar-refractivity contribution in [2.75, 3.05) is 10.0 Å². The second-order valence-corrected chi connectivity index (χ2v) is 5.52. The van der Waals surface area contributed by atoms with Crippen LogP contribution in [0.2, 0.25) is 0 Å². The number of nitrogens with one attached hydrogen (secondary N) is 2. The van der Waals surface area contributed by atoms with Crippen LogP contribution >= 0.6 is 0 Å². The van der Waals surface area contributed by atoms with Gasteiger partial charge in [0.25, 0.3) is 16.1 Å². The van der Waals surface area contributed by atoms with Gasteiger partial charge in [-0.15, -0.1) is 0 Å². The molecule has 0 aliphatic rings. The Balaban J connectivity index is 2.14. The van der Waals surface area contributed by atoms with Crippen LogP contribution in [0.4, 0.5) is 11.4 Å². The van der Waals surface area contributed by atoms with Crippen molar-refractivity contribution >= 4 is 27.5 Å². The number of hydrogen-bond acceptors (Lipinski definition) is 5. The number of aromatic nitrogens is 2. The molecule has 2 rings (SSSR count). The highest BCUT2D eigenvalue weighted by Crippen LogP contribution is 2.16. The second kappa shape index (κ2) is 5.85. The Morgan fingerprint density at radius 3 is 2.52 bits per heavy atom. The van der Waals surface area contributed by atoms with Crippen LogP contribution in [0.3, 0.4) is 0 Å². The summed E-state index contributed by atoms with van der Waals surface area (Å²) < 4.78 is 24.0. The highest BCUT2D eigenvalue weighted by atomic mass is 32.2. The normalized spacial score (nSPS) is 11.0. The van der Waals surface area contributed by atoms with E-state index in [2.05, 4.69) is 20.0 Å². The Labute approximate surface area is 121 Å². The van der Waals surface area contributed by atoms with Crippen LogP contribution in [-0.4, -0.2) is 24.3 Å². The summed E-state index contributed by atoms with van der Waals surface area (Å²) in [5.41, 5.74) is 1.50. The third kappa shape index (κ3) is 4.51. The van der Waals surface area contributed by atoms with Crippen LogP contribution in [-0.2, 0) is 10.2 Å². The first kappa shape index (κ1) is 14.9. The summed E-state index contributed by atoms with van der Waals surface area (Å²) in [5.74, 6) is -0.449. The summed E-state index contributed by atoms with van der Waals surface area (Å²) in [6.07, 6.45) is 2.84. The monoisotopic (exact) mass is 307 g/mol. The first-order chi connectivity index (χ1) is 9.83. The Kier molecular flexibility index (Phi) is 4.15. The molecule has 0 saturated heterocycles. The smallest absolute Gasteiger partial charge is 0.296 e. The van der Waals surface area contributed by atoms with Gasteiger partial charge in [-0.25, -0.2) is 10.1 Å². The molecular weight excluding hydrogens is 294 g/mol. The number of hydrogen-bond donors (Lipinski definition) is 3. The van der Waals surface area contributed by atoms with Gasteiger partial charge in [0.05, 0.1) is 17.6 Å². The molecule has 0 atom stereocenters. The van der Waals surface area contributed by atoms with Gasteiger partial charge in [-0.3, -0.25) is 14.5 Å². The Morgan fingerprint density at radius 2 is 1.90 bits per heavy atom. The van der Waals surface area contributed by atoms with E-state index in [0.29, 0.717) is 11.4 Å². The lowest BCUT2D eigenvalue weighted by Crippen LogP contribution is -2.21. The molecule has 1 heterocycles. The molecule has 0 aliphatic carbocycles. The molecule has 0 aliphatic heterocycles. The zero-order valence-electron chi connectivity index (χ0n) is 11.1. The molecule has 9 heteroatoms. The zero-order valence-corrected chi connectivity index (χ0v) is 11.9. The maximum atomic E-state index is 11.9. The van der Waals surface area contributed by atoms with Crippen LogP contribution in [0.5, 0.6) is 0 Å². The third-order valence-electron chi connectivity index (χ3n) is 2.39. The summed E-state index contributed by atoms with van der Waals surface area (Å²) in [6, 6.07) is 6.12. The number of amides is 1. The number of carbonyl (C=O) groups excluding carboxylic acids is 1. The van der Waals surface area contributed by atoms with Gasteiger partial charge in [-0.05, 0) is 25.1 Å². The van der Waals surface area contributed by atoms with E-state index >= 15 is 0 Å². The molecule has 4 N–H and O–H groups in total. The van der Waals surface area contributed by atoms with Crippen LogP contribution in [0.25, 0.3) is 0 Å². The van der Waals surface area contributed by atoms with Gasteiger partial charge >= 0.3 is 0 Å². The predicted octanol–water partition coefficient (Wildman–Crippen LogP) is 0.653. The molecule has 1 aromatic carbocycles. The minimum Gasteiger partial charge on any atom is -0.321 e. The fourth-order valence-electron chi connectivity index (χ4n) is 1.53. The summed E-state index contributed by atoms with van der Waals surface area (Å²) in [5, 5.41) is 7.47. The van der Waals surface area contributed by atoms with Gasteiger partial charge in [0.2, 0.25) is 0 Å². The first-order valence-electron chi connectivity index (χ1n) is 5.84. The number of benzene rings is 1. The minimum absolute atomic E-state index is 0.158. The average molecular weight is 307 g/mol. The predicted molar refractivity (Wildman–Crippen MR) is 77.9 cm³/mol. The van der Waals surface area contributed by atoms with E-state index < -0.39 is 16.1 Å². The number of carbonyl (C=O) groups is 1. The van der Waals surface area contributed by atoms with Crippen molar-refractivity contribution in [1.82, 2.24) is 9.97 Å². The Hall–Kier alpha value is -2.52. The highest BCUT2D eigenvalue weighted by Gasteiger charge is 2.09. The SMILES string of the molecule is Cc1cnc(C(=O)Nc2cccc(NS(N)(=O)=O)c2)cn1. The van der Waals surface area contributed by atoms with E-state index in [4.69, 9.17) is 5.14 Å². The third-order valence-corrected chi connectivity index (χ3v) is 2.91. The molecule has 0 radical (unpaired) electrons. The number of aryl methyl sites for hydroxylation is 1. The van der Waals surface area contributed by atoms with Gasteiger partial charge in [-0.2, -0.15) is 8.42 Å². The van der Waals surface area contributed by atoms with Crippen molar-refractivity contribution in [1.29, 1.82) is 0 Å². The minimum atomic E-state index is -3.86. The lowest BCUT2D eigenvalue weighted by atomic mass is 10.2. The number of nitrogens with two attached hydrogens (primary N) is 1. The maximum Gasteiger partial charge on any atom is 0.296 e. The summed E-state index contributed by atoms with van der Waals surface area (Å²) >= 11 is 0. The largest absolute Gasteiger partial charge is 0.321 e. The fraction of sp³-hybridized carbons (Fsp3) is 0.0833.